The van der Waals surface area contributed by atoms with Crippen LogP contribution in [0, 0.1) is 0 Å². The molecule has 0 bridgehead atoms. The van der Waals surface area contributed by atoms with Crippen LogP contribution >= 0.6 is 11.6 Å². The molecule has 1 aromatic heterocycles. The van der Waals surface area contributed by atoms with Crippen LogP contribution in [0.1, 0.15) is 0 Å². The van der Waals surface area contributed by atoms with Crippen LogP contribution in [0.25, 0.3) is 22.6 Å². The van der Waals surface area contributed by atoms with E-state index in [2.05, 4.69) is 9.97 Å². The Hall–Kier alpha value is -2.44. The first-order chi connectivity index (χ1) is 11.3. The summed E-state index contributed by atoms with van der Waals surface area (Å²) in [5.41, 5.74) is 8.19. The molecule has 0 saturated carbocycles. The van der Waals surface area contributed by atoms with Gasteiger partial charge in [-0.3, -0.25) is 0 Å². The average Bonchev–Trinajstić information content (AvgIpc) is 2.54. The van der Waals surface area contributed by atoms with Crippen LogP contribution in [0.15, 0.2) is 59.5 Å². The highest BCUT2D eigenvalue weighted by Gasteiger charge is 2.14. The smallest absolute Gasteiger partial charge is 0.175 e. The van der Waals surface area contributed by atoms with E-state index in [0.717, 1.165) is 11.8 Å². The summed E-state index contributed by atoms with van der Waals surface area (Å²) in [5.74, 6) is 0.447. The van der Waals surface area contributed by atoms with E-state index in [1.807, 2.05) is 30.3 Å². The summed E-state index contributed by atoms with van der Waals surface area (Å²) in [5, 5.41) is 0.253. The molecule has 2 aromatic carbocycles. The standard InChI is InChI=1S/C17H14ClN3O2S/c1-24(22,23)12-7-8-14(19)13(9-12)15-10-16(18)21-17(20-15)11-5-3-2-4-6-11/h2-10H,19H2,1H3. The molecule has 24 heavy (non-hydrogen) atoms. The Morgan fingerprint density at radius 1 is 1.00 bits per heavy atom. The van der Waals surface area contributed by atoms with Crippen LogP contribution in [0.3, 0.4) is 0 Å². The van der Waals surface area contributed by atoms with Crippen molar-refractivity contribution in [2.45, 2.75) is 4.90 Å². The number of nitrogen functional groups attached to an aromatic ring is 1. The lowest BCUT2D eigenvalue weighted by molar-refractivity contribution is 0.602. The van der Waals surface area contributed by atoms with Gasteiger partial charge in [-0.05, 0) is 18.2 Å². The fourth-order valence-electron chi connectivity index (χ4n) is 2.26. The molecular formula is C17H14ClN3O2S. The van der Waals surface area contributed by atoms with Gasteiger partial charge in [0.15, 0.2) is 15.7 Å². The number of nitrogens with zero attached hydrogens (tertiary/aromatic N) is 2. The number of anilines is 1. The molecule has 0 saturated heterocycles. The maximum absolute atomic E-state index is 11.8. The molecule has 7 heteroatoms. The Morgan fingerprint density at radius 3 is 2.38 bits per heavy atom. The SMILES string of the molecule is CS(=O)(=O)c1ccc(N)c(-c2cc(Cl)nc(-c3ccccc3)n2)c1. The molecular weight excluding hydrogens is 346 g/mol. The minimum Gasteiger partial charge on any atom is -0.398 e. The van der Waals surface area contributed by atoms with Gasteiger partial charge < -0.3 is 5.73 Å². The van der Waals surface area contributed by atoms with Crippen molar-refractivity contribution in [2.24, 2.45) is 0 Å². The second kappa shape index (κ2) is 6.22. The summed E-state index contributed by atoms with van der Waals surface area (Å²) in [6.07, 6.45) is 1.14. The highest BCUT2D eigenvalue weighted by atomic mass is 35.5. The van der Waals surface area contributed by atoms with E-state index in [4.69, 9.17) is 17.3 Å². The van der Waals surface area contributed by atoms with Crippen LogP contribution in [0.2, 0.25) is 5.15 Å². The zero-order valence-corrected chi connectivity index (χ0v) is 14.3. The molecule has 2 N–H and O–H groups in total. The van der Waals surface area contributed by atoms with Crippen molar-refractivity contribution in [3.63, 3.8) is 0 Å². The highest BCUT2D eigenvalue weighted by Crippen LogP contribution is 2.30. The van der Waals surface area contributed by atoms with Gasteiger partial charge in [0.2, 0.25) is 0 Å². The fourth-order valence-corrected chi connectivity index (χ4v) is 3.09. The predicted molar refractivity (Wildman–Crippen MR) is 95.4 cm³/mol. The van der Waals surface area contributed by atoms with Crippen LogP contribution in [0.4, 0.5) is 5.69 Å². The molecule has 0 amide bonds. The molecule has 122 valence electrons. The molecule has 3 aromatic rings. The average molecular weight is 360 g/mol. The number of halogens is 1. The lowest BCUT2D eigenvalue weighted by atomic mass is 10.1. The topological polar surface area (TPSA) is 85.9 Å². The van der Waals surface area contributed by atoms with Crippen molar-refractivity contribution in [3.05, 3.63) is 59.8 Å². The normalized spacial score (nSPS) is 11.4. The second-order valence-electron chi connectivity index (χ2n) is 5.29. The van der Waals surface area contributed by atoms with Gasteiger partial charge in [0.05, 0.1) is 10.6 Å². The van der Waals surface area contributed by atoms with Gasteiger partial charge in [-0.25, -0.2) is 18.4 Å². The van der Waals surface area contributed by atoms with Gasteiger partial charge in [-0.2, -0.15) is 0 Å². The van der Waals surface area contributed by atoms with Crippen molar-refractivity contribution >= 4 is 27.1 Å². The Labute approximate surface area is 145 Å². The van der Waals surface area contributed by atoms with Crippen LogP contribution < -0.4 is 5.73 Å². The lowest BCUT2D eigenvalue weighted by Gasteiger charge is -2.09. The van der Waals surface area contributed by atoms with Gasteiger partial charge in [0, 0.05) is 29.1 Å². The molecule has 1 heterocycles. The second-order valence-corrected chi connectivity index (χ2v) is 7.69. The summed E-state index contributed by atoms with van der Waals surface area (Å²) in [4.78, 5) is 8.88. The summed E-state index contributed by atoms with van der Waals surface area (Å²) in [7, 11) is -3.35. The fraction of sp³-hybridized carbons (Fsp3) is 0.0588. The molecule has 5 nitrogen and oxygen atoms in total. The van der Waals surface area contributed by atoms with Crippen molar-refractivity contribution in [1.29, 1.82) is 0 Å². The van der Waals surface area contributed by atoms with Crippen molar-refractivity contribution < 1.29 is 8.42 Å². The molecule has 0 radical (unpaired) electrons. The third-order valence-corrected chi connectivity index (χ3v) is 4.76. The number of rotatable bonds is 3. The van der Waals surface area contributed by atoms with Crippen molar-refractivity contribution in [3.8, 4) is 22.6 Å². The van der Waals surface area contributed by atoms with E-state index < -0.39 is 9.84 Å². The number of benzene rings is 2. The van der Waals surface area contributed by atoms with Crippen molar-refractivity contribution in [2.75, 3.05) is 12.0 Å². The zero-order chi connectivity index (χ0) is 17.3. The quantitative estimate of drug-likeness (QED) is 0.571. The minimum absolute atomic E-state index is 0.169. The largest absolute Gasteiger partial charge is 0.398 e. The van der Waals surface area contributed by atoms with Gasteiger partial charge in [-0.15, -0.1) is 0 Å². The van der Waals surface area contributed by atoms with E-state index >= 15 is 0 Å². The number of hydrogen-bond donors (Lipinski definition) is 1. The van der Waals surface area contributed by atoms with Gasteiger partial charge in [-0.1, -0.05) is 41.9 Å². The van der Waals surface area contributed by atoms with Crippen LogP contribution in [0.5, 0.6) is 0 Å². The molecule has 0 spiro atoms. The number of nitrogens with two attached hydrogens (primary N) is 1. The summed E-state index contributed by atoms with van der Waals surface area (Å²) in [6, 6.07) is 15.4. The van der Waals surface area contributed by atoms with E-state index in [9.17, 15) is 8.42 Å². The molecule has 0 aliphatic heterocycles. The molecule has 0 fully saturated rings. The van der Waals surface area contributed by atoms with E-state index in [-0.39, 0.29) is 10.0 Å². The Kier molecular flexibility index (Phi) is 4.26. The minimum atomic E-state index is -3.35. The van der Waals surface area contributed by atoms with Crippen LogP contribution in [-0.2, 0) is 9.84 Å². The van der Waals surface area contributed by atoms with Gasteiger partial charge in [0.25, 0.3) is 0 Å². The number of aromatic nitrogens is 2. The third-order valence-electron chi connectivity index (χ3n) is 3.46. The van der Waals surface area contributed by atoms with E-state index in [1.165, 1.54) is 12.1 Å². The predicted octanol–water partition coefficient (Wildman–Crippen LogP) is 3.45. The summed E-state index contributed by atoms with van der Waals surface area (Å²) < 4.78 is 23.6. The monoisotopic (exact) mass is 359 g/mol. The Balaban J connectivity index is 2.19. The maximum atomic E-state index is 11.8. The molecule has 0 atom stereocenters. The maximum Gasteiger partial charge on any atom is 0.175 e. The van der Waals surface area contributed by atoms with Gasteiger partial charge >= 0.3 is 0 Å². The first kappa shape index (κ1) is 16.4. The van der Waals surface area contributed by atoms with E-state index in [0.29, 0.717) is 22.8 Å². The van der Waals surface area contributed by atoms with Crippen molar-refractivity contribution in [1.82, 2.24) is 9.97 Å². The first-order valence-electron chi connectivity index (χ1n) is 7.04. The first-order valence-corrected chi connectivity index (χ1v) is 9.31. The van der Waals surface area contributed by atoms with Gasteiger partial charge in [0.1, 0.15) is 5.15 Å². The lowest BCUT2D eigenvalue weighted by Crippen LogP contribution is -2.01. The molecule has 3 rings (SSSR count). The molecule has 0 aliphatic rings. The van der Waals surface area contributed by atoms with Crippen LogP contribution in [-0.4, -0.2) is 24.6 Å². The number of sulfone groups is 1. The number of hydrogen-bond acceptors (Lipinski definition) is 5. The summed E-state index contributed by atoms with van der Waals surface area (Å²) in [6.45, 7) is 0. The van der Waals surface area contributed by atoms with E-state index in [1.54, 1.807) is 12.1 Å². The Bertz CT molecular complexity index is 1010. The third kappa shape index (κ3) is 3.39. The zero-order valence-electron chi connectivity index (χ0n) is 12.8. The summed E-state index contributed by atoms with van der Waals surface area (Å²) >= 11 is 6.12. The highest BCUT2D eigenvalue weighted by molar-refractivity contribution is 7.90. The Morgan fingerprint density at radius 2 is 1.71 bits per heavy atom. The molecule has 0 aliphatic carbocycles. The molecule has 0 unspecified atom stereocenters.